The molecule has 0 bridgehead atoms. The predicted molar refractivity (Wildman–Crippen MR) is 88.0 cm³/mol. The third-order valence-corrected chi connectivity index (χ3v) is 5.82. The van der Waals surface area contributed by atoms with E-state index in [1.165, 1.54) is 32.1 Å². The molecule has 2 fully saturated rings. The average Bonchev–Trinajstić information content (AvgIpc) is 3.11. The third-order valence-electron chi connectivity index (χ3n) is 5.82. The minimum atomic E-state index is 0.0713. The number of unbranched alkanes of at least 4 members (excludes halogenated alkanes) is 1. The van der Waals surface area contributed by atoms with Crippen LogP contribution < -0.4 is 5.32 Å². The van der Waals surface area contributed by atoms with Crippen LogP contribution in [0.15, 0.2) is 0 Å². The van der Waals surface area contributed by atoms with Gasteiger partial charge in [0.2, 0.25) is 5.91 Å². The van der Waals surface area contributed by atoms with Crippen molar-refractivity contribution in [3.8, 4) is 0 Å². The molecule has 1 aliphatic carbocycles. The van der Waals surface area contributed by atoms with Crippen molar-refractivity contribution in [1.29, 1.82) is 0 Å². The zero-order chi connectivity index (χ0) is 15.4. The van der Waals surface area contributed by atoms with Crippen molar-refractivity contribution < 1.29 is 4.79 Å². The van der Waals surface area contributed by atoms with Crippen molar-refractivity contribution in [3.05, 3.63) is 0 Å². The van der Waals surface area contributed by atoms with Crippen molar-refractivity contribution in [2.45, 2.75) is 97.3 Å². The highest BCUT2D eigenvalue weighted by molar-refractivity contribution is 5.84. The number of hydrogen-bond donors (Lipinski definition) is 1. The second-order valence-corrected chi connectivity index (χ2v) is 7.22. The van der Waals surface area contributed by atoms with Crippen LogP contribution in [0.3, 0.4) is 0 Å². The molecule has 21 heavy (non-hydrogen) atoms. The summed E-state index contributed by atoms with van der Waals surface area (Å²) in [6.07, 6.45) is 10.00. The van der Waals surface area contributed by atoms with Gasteiger partial charge in [-0.2, -0.15) is 0 Å². The Morgan fingerprint density at radius 2 is 1.90 bits per heavy atom. The van der Waals surface area contributed by atoms with E-state index in [2.05, 4.69) is 37.9 Å². The molecule has 0 radical (unpaired) electrons. The van der Waals surface area contributed by atoms with Crippen LogP contribution in [0.5, 0.6) is 0 Å². The lowest BCUT2D eigenvalue weighted by molar-refractivity contribution is -0.133. The summed E-state index contributed by atoms with van der Waals surface area (Å²) in [5.74, 6) is 1.62. The van der Waals surface area contributed by atoms with Gasteiger partial charge in [-0.1, -0.05) is 52.9 Å². The molecule has 1 N–H and O–H groups in total. The van der Waals surface area contributed by atoms with E-state index in [1.54, 1.807) is 0 Å². The number of amides is 1. The van der Waals surface area contributed by atoms with Gasteiger partial charge in [-0.15, -0.1) is 0 Å². The second-order valence-electron chi connectivity index (χ2n) is 7.22. The van der Waals surface area contributed by atoms with Gasteiger partial charge in [0, 0.05) is 6.04 Å². The smallest absolute Gasteiger partial charge is 0.241 e. The molecule has 4 unspecified atom stereocenters. The first-order chi connectivity index (χ1) is 10.1. The van der Waals surface area contributed by atoms with Gasteiger partial charge < -0.3 is 4.90 Å². The van der Waals surface area contributed by atoms with E-state index in [9.17, 15) is 4.79 Å². The van der Waals surface area contributed by atoms with Crippen LogP contribution in [-0.4, -0.2) is 29.1 Å². The number of nitrogens with zero attached hydrogens (tertiary/aromatic N) is 1. The predicted octanol–water partition coefficient (Wildman–Crippen LogP) is 3.93. The van der Waals surface area contributed by atoms with Gasteiger partial charge in [0.25, 0.3) is 0 Å². The van der Waals surface area contributed by atoms with E-state index in [4.69, 9.17) is 0 Å². The molecule has 2 rings (SSSR count). The molecule has 1 saturated carbocycles. The number of carbonyl (C=O) groups excluding carboxylic acids is 1. The molecule has 0 aromatic heterocycles. The first-order valence-electron chi connectivity index (χ1n) is 9.18. The Balaban J connectivity index is 2.12. The van der Waals surface area contributed by atoms with Crippen molar-refractivity contribution in [2.75, 3.05) is 0 Å². The number of nitrogens with one attached hydrogen (secondary N) is 1. The van der Waals surface area contributed by atoms with E-state index >= 15 is 0 Å². The van der Waals surface area contributed by atoms with E-state index in [0.29, 0.717) is 30.0 Å². The van der Waals surface area contributed by atoms with E-state index in [-0.39, 0.29) is 6.04 Å². The summed E-state index contributed by atoms with van der Waals surface area (Å²) in [7, 11) is 0. The Morgan fingerprint density at radius 3 is 2.48 bits per heavy atom. The van der Waals surface area contributed by atoms with Crippen LogP contribution in [0.2, 0.25) is 0 Å². The number of carbonyl (C=O) groups is 1. The molecule has 1 amide bonds. The second kappa shape index (κ2) is 7.62. The normalized spacial score (nSPS) is 30.1. The van der Waals surface area contributed by atoms with Gasteiger partial charge in [-0.3, -0.25) is 10.1 Å². The Hall–Kier alpha value is -0.570. The van der Waals surface area contributed by atoms with Crippen LogP contribution in [0.1, 0.15) is 79.1 Å². The lowest BCUT2D eigenvalue weighted by atomic mass is 9.96. The molecular weight excluding hydrogens is 260 g/mol. The zero-order valence-electron chi connectivity index (χ0n) is 14.4. The highest BCUT2D eigenvalue weighted by atomic mass is 16.2. The third kappa shape index (κ3) is 3.61. The first kappa shape index (κ1) is 16.8. The molecular formula is C18H34N2O. The maximum atomic E-state index is 12.9. The molecule has 0 spiro atoms. The van der Waals surface area contributed by atoms with Crippen molar-refractivity contribution in [2.24, 2.45) is 11.8 Å². The standard InChI is InChI=1S/C18H34N2O/c1-5-7-12-16-18(21)20(14(4)13(3)6-2)17(19-16)15-10-8-9-11-15/h13-17,19H,5-12H2,1-4H3. The summed E-state index contributed by atoms with van der Waals surface area (Å²) in [4.78, 5) is 15.1. The van der Waals surface area contributed by atoms with Crippen LogP contribution >= 0.6 is 0 Å². The van der Waals surface area contributed by atoms with Crippen molar-refractivity contribution in [1.82, 2.24) is 10.2 Å². The quantitative estimate of drug-likeness (QED) is 0.771. The van der Waals surface area contributed by atoms with Crippen molar-refractivity contribution >= 4 is 5.91 Å². The highest BCUT2D eigenvalue weighted by Gasteiger charge is 2.45. The minimum Gasteiger partial charge on any atom is -0.323 e. The van der Waals surface area contributed by atoms with Crippen molar-refractivity contribution in [3.63, 3.8) is 0 Å². The zero-order valence-corrected chi connectivity index (χ0v) is 14.4. The Bertz CT molecular complexity index is 338. The topological polar surface area (TPSA) is 32.3 Å². The summed E-state index contributed by atoms with van der Waals surface area (Å²) in [6, 6.07) is 0.425. The molecule has 2 aliphatic rings. The highest BCUT2D eigenvalue weighted by Crippen LogP contribution is 2.35. The molecule has 0 aromatic carbocycles. The van der Waals surface area contributed by atoms with E-state index in [0.717, 1.165) is 19.3 Å². The summed E-state index contributed by atoms with van der Waals surface area (Å²) in [5.41, 5.74) is 0. The van der Waals surface area contributed by atoms with Gasteiger partial charge in [0.15, 0.2) is 0 Å². The summed E-state index contributed by atoms with van der Waals surface area (Å²) in [5, 5.41) is 3.70. The van der Waals surface area contributed by atoms with E-state index < -0.39 is 0 Å². The monoisotopic (exact) mass is 294 g/mol. The molecule has 3 nitrogen and oxygen atoms in total. The largest absolute Gasteiger partial charge is 0.323 e. The van der Waals surface area contributed by atoms with Gasteiger partial charge in [-0.05, 0) is 38.0 Å². The van der Waals surface area contributed by atoms with Gasteiger partial charge in [0.05, 0.1) is 12.2 Å². The minimum absolute atomic E-state index is 0.0713. The summed E-state index contributed by atoms with van der Waals surface area (Å²) >= 11 is 0. The maximum Gasteiger partial charge on any atom is 0.241 e. The lowest BCUT2D eigenvalue weighted by Crippen LogP contribution is -2.49. The van der Waals surface area contributed by atoms with Crippen LogP contribution in [0.25, 0.3) is 0 Å². The van der Waals surface area contributed by atoms with Crippen LogP contribution in [-0.2, 0) is 4.79 Å². The molecule has 0 aromatic rings. The van der Waals surface area contributed by atoms with Gasteiger partial charge >= 0.3 is 0 Å². The molecule has 3 heteroatoms. The number of rotatable bonds is 7. The fourth-order valence-electron chi connectivity index (χ4n) is 4.00. The fraction of sp³-hybridized carbons (Fsp3) is 0.944. The Labute approximate surface area is 130 Å². The Morgan fingerprint density at radius 1 is 1.24 bits per heavy atom. The molecule has 1 saturated heterocycles. The summed E-state index contributed by atoms with van der Waals surface area (Å²) in [6.45, 7) is 8.96. The van der Waals surface area contributed by atoms with Gasteiger partial charge in [-0.25, -0.2) is 0 Å². The average molecular weight is 294 g/mol. The maximum absolute atomic E-state index is 12.9. The summed E-state index contributed by atoms with van der Waals surface area (Å²) < 4.78 is 0. The molecule has 4 atom stereocenters. The molecule has 1 aliphatic heterocycles. The number of hydrogen-bond acceptors (Lipinski definition) is 2. The first-order valence-corrected chi connectivity index (χ1v) is 9.18. The van der Waals surface area contributed by atoms with E-state index in [1.807, 2.05) is 0 Å². The van der Waals surface area contributed by atoms with Crippen LogP contribution in [0, 0.1) is 11.8 Å². The molecule has 1 heterocycles. The lowest BCUT2D eigenvalue weighted by Gasteiger charge is -2.36. The fourth-order valence-corrected chi connectivity index (χ4v) is 4.00. The SMILES string of the molecule is CCCCC1NC(C2CCCC2)N(C(C)C(C)CC)C1=O. The van der Waals surface area contributed by atoms with Crippen LogP contribution in [0.4, 0.5) is 0 Å². The van der Waals surface area contributed by atoms with Gasteiger partial charge in [0.1, 0.15) is 0 Å². The Kier molecular flexibility index (Phi) is 6.09. The molecule has 122 valence electrons.